The monoisotopic (exact) mass is 357 g/mol. The van der Waals surface area contributed by atoms with Gasteiger partial charge in [-0.3, -0.25) is 4.79 Å². The van der Waals surface area contributed by atoms with Crippen molar-refractivity contribution in [2.45, 2.75) is 19.4 Å². The molecular formula is C17H16BrN3O. The van der Waals surface area contributed by atoms with Gasteiger partial charge in [-0.1, -0.05) is 28.1 Å². The Labute approximate surface area is 138 Å². The van der Waals surface area contributed by atoms with Gasteiger partial charge in [-0.15, -0.1) is 0 Å². The molecule has 0 spiro atoms. The van der Waals surface area contributed by atoms with Gasteiger partial charge in [0.15, 0.2) is 0 Å². The van der Waals surface area contributed by atoms with Gasteiger partial charge in [0.05, 0.1) is 12.5 Å². The maximum absolute atomic E-state index is 12.1. The molecule has 5 heteroatoms. The fraction of sp³-hybridized carbons (Fsp3) is 0.176. The minimum absolute atomic E-state index is 0.108. The van der Waals surface area contributed by atoms with E-state index in [2.05, 4.69) is 32.6 Å². The van der Waals surface area contributed by atoms with Crippen LogP contribution in [0.15, 0.2) is 53.0 Å². The van der Waals surface area contributed by atoms with Crippen LogP contribution in [0, 0.1) is 11.3 Å². The van der Waals surface area contributed by atoms with Crippen LogP contribution in [0.1, 0.15) is 12.5 Å². The Morgan fingerprint density at radius 1 is 1.14 bits per heavy atom. The molecule has 0 heterocycles. The lowest BCUT2D eigenvalue weighted by Gasteiger charge is -2.15. The first-order valence-electron chi connectivity index (χ1n) is 6.87. The molecule has 0 saturated heterocycles. The number of amides is 1. The first-order valence-corrected chi connectivity index (χ1v) is 7.66. The molecule has 4 nitrogen and oxygen atoms in total. The number of hydrogen-bond donors (Lipinski definition) is 2. The average Bonchev–Trinajstić information content (AvgIpc) is 2.51. The van der Waals surface area contributed by atoms with E-state index in [1.165, 1.54) is 0 Å². The molecule has 0 aliphatic heterocycles. The number of rotatable bonds is 5. The molecule has 0 fully saturated rings. The second-order valence-corrected chi connectivity index (χ2v) is 5.81. The van der Waals surface area contributed by atoms with E-state index in [1.54, 1.807) is 6.92 Å². The number of carbonyl (C=O) groups is 1. The smallest absolute Gasteiger partial charge is 0.246 e. The van der Waals surface area contributed by atoms with Crippen molar-refractivity contribution in [3.05, 3.63) is 58.6 Å². The molecule has 0 aromatic heterocycles. The summed E-state index contributed by atoms with van der Waals surface area (Å²) in [6, 6.07) is 16.7. The van der Waals surface area contributed by atoms with Gasteiger partial charge in [-0.2, -0.15) is 5.26 Å². The summed E-state index contributed by atoms with van der Waals surface area (Å²) in [5, 5.41) is 14.6. The summed E-state index contributed by atoms with van der Waals surface area (Å²) in [7, 11) is 0. The predicted octanol–water partition coefficient (Wildman–Crippen LogP) is 3.95. The lowest BCUT2D eigenvalue weighted by Crippen LogP contribution is -2.31. The van der Waals surface area contributed by atoms with E-state index in [-0.39, 0.29) is 11.9 Å². The third-order valence-corrected chi connectivity index (χ3v) is 3.65. The van der Waals surface area contributed by atoms with Crippen LogP contribution in [0.25, 0.3) is 0 Å². The Bertz CT molecular complexity index is 675. The van der Waals surface area contributed by atoms with Gasteiger partial charge < -0.3 is 10.6 Å². The molecular weight excluding hydrogens is 342 g/mol. The van der Waals surface area contributed by atoms with Crippen molar-refractivity contribution in [2.75, 3.05) is 10.6 Å². The molecule has 0 bridgehead atoms. The Hall–Kier alpha value is -2.32. The lowest BCUT2D eigenvalue weighted by molar-refractivity contribution is -0.116. The molecule has 22 heavy (non-hydrogen) atoms. The van der Waals surface area contributed by atoms with Crippen LogP contribution in [0.5, 0.6) is 0 Å². The number of halogens is 1. The first-order chi connectivity index (χ1) is 10.6. The van der Waals surface area contributed by atoms with Crippen LogP contribution < -0.4 is 10.6 Å². The summed E-state index contributed by atoms with van der Waals surface area (Å²) in [4.78, 5) is 12.1. The predicted molar refractivity (Wildman–Crippen MR) is 91.6 cm³/mol. The normalized spacial score (nSPS) is 11.3. The third-order valence-electron chi connectivity index (χ3n) is 3.13. The van der Waals surface area contributed by atoms with Crippen LogP contribution in [-0.2, 0) is 11.2 Å². The zero-order valence-corrected chi connectivity index (χ0v) is 13.7. The van der Waals surface area contributed by atoms with Crippen molar-refractivity contribution >= 4 is 33.2 Å². The van der Waals surface area contributed by atoms with E-state index in [0.29, 0.717) is 6.42 Å². The molecule has 2 rings (SSSR count). The number of benzene rings is 2. The number of hydrogen-bond acceptors (Lipinski definition) is 3. The molecule has 1 amide bonds. The molecule has 0 aliphatic rings. The molecule has 2 N–H and O–H groups in total. The number of anilines is 2. The number of nitrogens with one attached hydrogen (secondary N) is 2. The summed E-state index contributed by atoms with van der Waals surface area (Å²) < 4.78 is 0.967. The van der Waals surface area contributed by atoms with E-state index >= 15 is 0 Å². The van der Waals surface area contributed by atoms with E-state index in [9.17, 15) is 4.79 Å². The quantitative estimate of drug-likeness (QED) is 0.851. The summed E-state index contributed by atoms with van der Waals surface area (Å²) in [6.07, 6.45) is 0.389. The maximum Gasteiger partial charge on any atom is 0.246 e. The van der Waals surface area contributed by atoms with Crippen molar-refractivity contribution < 1.29 is 4.79 Å². The fourth-order valence-corrected chi connectivity index (χ4v) is 2.17. The second kappa shape index (κ2) is 7.62. The van der Waals surface area contributed by atoms with E-state index in [4.69, 9.17) is 5.26 Å². The Kier molecular flexibility index (Phi) is 5.56. The van der Waals surface area contributed by atoms with Gasteiger partial charge in [0.2, 0.25) is 5.91 Å². The average molecular weight is 358 g/mol. The maximum atomic E-state index is 12.1. The van der Waals surface area contributed by atoms with Gasteiger partial charge >= 0.3 is 0 Å². The van der Waals surface area contributed by atoms with E-state index in [0.717, 1.165) is 21.4 Å². The van der Waals surface area contributed by atoms with Crippen molar-refractivity contribution in [1.82, 2.24) is 0 Å². The topological polar surface area (TPSA) is 64.9 Å². The highest BCUT2D eigenvalue weighted by Gasteiger charge is 2.12. The highest BCUT2D eigenvalue weighted by atomic mass is 79.9. The van der Waals surface area contributed by atoms with Crippen LogP contribution in [0.4, 0.5) is 11.4 Å². The van der Waals surface area contributed by atoms with Crippen LogP contribution in [-0.4, -0.2) is 11.9 Å². The summed E-state index contributed by atoms with van der Waals surface area (Å²) in [5.41, 5.74) is 2.56. The van der Waals surface area contributed by atoms with Gasteiger partial charge in [-0.05, 0) is 48.9 Å². The fourth-order valence-electron chi connectivity index (χ4n) is 1.91. The van der Waals surface area contributed by atoms with Crippen molar-refractivity contribution in [1.29, 1.82) is 5.26 Å². The zero-order chi connectivity index (χ0) is 15.9. The van der Waals surface area contributed by atoms with Gasteiger partial charge in [-0.25, -0.2) is 0 Å². The third kappa shape index (κ3) is 4.61. The van der Waals surface area contributed by atoms with Crippen molar-refractivity contribution in [2.24, 2.45) is 0 Å². The van der Waals surface area contributed by atoms with Crippen molar-refractivity contribution in [3.8, 4) is 6.07 Å². The Morgan fingerprint density at radius 3 is 2.32 bits per heavy atom. The Balaban J connectivity index is 1.93. The van der Waals surface area contributed by atoms with Crippen LogP contribution in [0.2, 0.25) is 0 Å². The summed E-state index contributed by atoms with van der Waals surface area (Å²) in [6.45, 7) is 1.80. The van der Waals surface area contributed by atoms with Gasteiger partial charge in [0.1, 0.15) is 6.04 Å². The SMILES string of the molecule is CC(Nc1ccc(CC#N)cc1)C(=O)Nc1ccc(Br)cc1. The standard InChI is InChI=1S/C17H16BrN3O/c1-12(17(22)21-16-8-4-14(18)5-9-16)20-15-6-2-13(3-7-15)10-11-19/h2-9,12,20H,10H2,1H3,(H,21,22). The van der Waals surface area contributed by atoms with E-state index in [1.807, 2.05) is 48.5 Å². The Morgan fingerprint density at radius 2 is 1.73 bits per heavy atom. The minimum atomic E-state index is -0.370. The lowest BCUT2D eigenvalue weighted by atomic mass is 10.1. The molecule has 0 saturated carbocycles. The van der Waals surface area contributed by atoms with Gasteiger partial charge in [0, 0.05) is 15.8 Å². The van der Waals surface area contributed by atoms with Crippen molar-refractivity contribution in [3.63, 3.8) is 0 Å². The highest BCUT2D eigenvalue weighted by molar-refractivity contribution is 9.10. The minimum Gasteiger partial charge on any atom is -0.374 e. The zero-order valence-electron chi connectivity index (χ0n) is 12.1. The molecule has 1 unspecified atom stereocenters. The molecule has 1 atom stereocenters. The van der Waals surface area contributed by atoms with Gasteiger partial charge in [0.25, 0.3) is 0 Å². The second-order valence-electron chi connectivity index (χ2n) is 4.89. The van der Waals surface area contributed by atoms with E-state index < -0.39 is 0 Å². The van der Waals surface area contributed by atoms with Crippen LogP contribution >= 0.6 is 15.9 Å². The highest BCUT2D eigenvalue weighted by Crippen LogP contribution is 2.15. The summed E-state index contributed by atoms with van der Waals surface area (Å²) in [5.74, 6) is -0.108. The molecule has 2 aromatic carbocycles. The first kappa shape index (κ1) is 16.1. The molecule has 2 aromatic rings. The molecule has 112 valence electrons. The number of nitriles is 1. The largest absolute Gasteiger partial charge is 0.374 e. The molecule has 0 aliphatic carbocycles. The molecule has 0 radical (unpaired) electrons. The summed E-state index contributed by atoms with van der Waals surface area (Å²) >= 11 is 3.36. The number of carbonyl (C=O) groups excluding carboxylic acids is 1. The van der Waals surface area contributed by atoms with Crippen LogP contribution in [0.3, 0.4) is 0 Å². The number of nitrogens with zero attached hydrogens (tertiary/aromatic N) is 1.